The summed E-state index contributed by atoms with van der Waals surface area (Å²) in [5.74, 6) is -1.02. The van der Waals surface area contributed by atoms with Crippen LogP contribution >= 0.6 is 0 Å². The number of nitrogens with one attached hydrogen (secondary N) is 2. The molecule has 0 saturated carbocycles. The molecule has 0 aliphatic heterocycles. The standard InChI is InChI=1S/C13H22N4O3/c1-4-6-7-10(12(18)19)14-13(20)15-11-8-17(3)16-9(11)5-2/h8,10H,4-7H2,1-3H3,(H,18,19)(H2,14,15,20)/t10-/m0/s1. The number of carboxylic acids is 1. The quantitative estimate of drug-likeness (QED) is 0.709. The van der Waals surface area contributed by atoms with Crippen LogP contribution in [0.5, 0.6) is 0 Å². The van der Waals surface area contributed by atoms with Crippen molar-refractivity contribution in [3.8, 4) is 0 Å². The van der Waals surface area contributed by atoms with Gasteiger partial charge in [0.25, 0.3) is 0 Å². The average molecular weight is 282 g/mol. The van der Waals surface area contributed by atoms with E-state index in [1.807, 2.05) is 13.8 Å². The summed E-state index contributed by atoms with van der Waals surface area (Å²) < 4.78 is 1.61. The van der Waals surface area contributed by atoms with Crippen LogP contribution in [0, 0.1) is 0 Å². The molecule has 20 heavy (non-hydrogen) atoms. The number of anilines is 1. The number of carboxylic acid groups (broad SMARTS) is 1. The highest BCUT2D eigenvalue weighted by Gasteiger charge is 2.20. The van der Waals surface area contributed by atoms with Gasteiger partial charge in [-0.3, -0.25) is 4.68 Å². The van der Waals surface area contributed by atoms with Crippen LogP contribution in [0.2, 0.25) is 0 Å². The number of carbonyl (C=O) groups is 2. The van der Waals surface area contributed by atoms with Crippen molar-refractivity contribution >= 4 is 17.7 Å². The maximum Gasteiger partial charge on any atom is 0.326 e. The molecule has 1 aromatic rings. The van der Waals surface area contributed by atoms with Gasteiger partial charge in [0.15, 0.2) is 0 Å². The molecular weight excluding hydrogens is 260 g/mol. The van der Waals surface area contributed by atoms with E-state index in [1.54, 1.807) is 17.9 Å². The smallest absolute Gasteiger partial charge is 0.326 e. The first-order chi connectivity index (χ1) is 9.47. The van der Waals surface area contributed by atoms with Gasteiger partial charge >= 0.3 is 12.0 Å². The molecule has 0 aromatic carbocycles. The fourth-order valence-corrected chi connectivity index (χ4v) is 1.88. The first-order valence-corrected chi connectivity index (χ1v) is 6.80. The van der Waals surface area contributed by atoms with Crippen molar-refractivity contribution in [1.29, 1.82) is 0 Å². The van der Waals surface area contributed by atoms with E-state index in [1.165, 1.54) is 0 Å². The summed E-state index contributed by atoms with van der Waals surface area (Å²) in [6.07, 6.45) is 4.45. The van der Waals surface area contributed by atoms with Crippen LogP contribution in [0.3, 0.4) is 0 Å². The van der Waals surface area contributed by atoms with Gasteiger partial charge in [-0.05, 0) is 12.8 Å². The Hall–Kier alpha value is -2.05. The third-order valence-electron chi connectivity index (χ3n) is 2.94. The third-order valence-corrected chi connectivity index (χ3v) is 2.94. The average Bonchev–Trinajstić information content (AvgIpc) is 2.74. The van der Waals surface area contributed by atoms with Crippen molar-refractivity contribution in [2.75, 3.05) is 5.32 Å². The zero-order chi connectivity index (χ0) is 15.1. The van der Waals surface area contributed by atoms with Crippen LogP contribution in [-0.4, -0.2) is 32.9 Å². The molecule has 112 valence electrons. The molecule has 0 spiro atoms. The number of rotatable bonds is 7. The lowest BCUT2D eigenvalue weighted by Crippen LogP contribution is -2.43. The van der Waals surface area contributed by atoms with Crippen LogP contribution in [0.15, 0.2) is 6.20 Å². The Bertz CT molecular complexity index is 470. The Morgan fingerprint density at radius 1 is 1.45 bits per heavy atom. The highest BCUT2D eigenvalue weighted by Crippen LogP contribution is 2.13. The van der Waals surface area contributed by atoms with Gasteiger partial charge in [-0.15, -0.1) is 0 Å². The second-order valence-electron chi connectivity index (χ2n) is 4.65. The van der Waals surface area contributed by atoms with Gasteiger partial charge in [0.05, 0.1) is 11.4 Å². The fraction of sp³-hybridized carbons (Fsp3) is 0.615. The van der Waals surface area contributed by atoms with Crippen LogP contribution in [-0.2, 0) is 18.3 Å². The summed E-state index contributed by atoms with van der Waals surface area (Å²) >= 11 is 0. The van der Waals surface area contributed by atoms with E-state index in [4.69, 9.17) is 5.11 Å². The van der Waals surface area contributed by atoms with Crippen molar-refractivity contribution in [2.24, 2.45) is 7.05 Å². The molecule has 3 N–H and O–H groups in total. The summed E-state index contributed by atoms with van der Waals surface area (Å²) in [7, 11) is 1.77. The summed E-state index contributed by atoms with van der Waals surface area (Å²) in [6.45, 7) is 3.91. The Morgan fingerprint density at radius 3 is 2.70 bits per heavy atom. The monoisotopic (exact) mass is 282 g/mol. The number of hydrogen-bond donors (Lipinski definition) is 3. The van der Waals surface area contributed by atoms with E-state index in [9.17, 15) is 9.59 Å². The zero-order valence-corrected chi connectivity index (χ0v) is 12.1. The molecule has 0 aliphatic carbocycles. The fourth-order valence-electron chi connectivity index (χ4n) is 1.88. The van der Waals surface area contributed by atoms with Crippen molar-refractivity contribution in [3.05, 3.63) is 11.9 Å². The summed E-state index contributed by atoms with van der Waals surface area (Å²) in [5, 5.41) is 18.4. The lowest BCUT2D eigenvalue weighted by molar-refractivity contribution is -0.139. The normalized spacial score (nSPS) is 11.9. The number of carbonyl (C=O) groups excluding carboxylic acids is 1. The summed E-state index contributed by atoms with van der Waals surface area (Å²) in [6, 6.07) is -1.38. The van der Waals surface area contributed by atoms with Gasteiger partial charge in [-0.1, -0.05) is 26.7 Å². The predicted molar refractivity (Wildman–Crippen MR) is 75.7 cm³/mol. The Labute approximate surface area is 118 Å². The lowest BCUT2D eigenvalue weighted by Gasteiger charge is -2.14. The predicted octanol–water partition coefficient (Wildman–Crippen LogP) is 1.75. The molecule has 0 bridgehead atoms. The number of unbranched alkanes of at least 4 members (excludes halogenated alkanes) is 1. The molecule has 0 aliphatic rings. The van der Waals surface area contributed by atoms with E-state index >= 15 is 0 Å². The number of hydrogen-bond acceptors (Lipinski definition) is 3. The van der Waals surface area contributed by atoms with Crippen LogP contribution in [0.1, 0.15) is 38.8 Å². The minimum Gasteiger partial charge on any atom is -0.480 e. The van der Waals surface area contributed by atoms with Gasteiger partial charge in [0.1, 0.15) is 6.04 Å². The van der Waals surface area contributed by atoms with E-state index < -0.39 is 18.0 Å². The molecule has 0 saturated heterocycles. The van der Waals surface area contributed by atoms with E-state index in [-0.39, 0.29) is 0 Å². The number of aromatic nitrogens is 2. The van der Waals surface area contributed by atoms with E-state index in [0.29, 0.717) is 18.5 Å². The molecule has 2 amide bonds. The second kappa shape index (κ2) is 7.52. The highest BCUT2D eigenvalue weighted by atomic mass is 16.4. The number of aryl methyl sites for hydroxylation is 2. The first-order valence-electron chi connectivity index (χ1n) is 6.80. The topological polar surface area (TPSA) is 96.3 Å². The van der Waals surface area contributed by atoms with Gasteiger partial charge < -0.3 is 15.7 Å². The van der Waals surface area contributed by atoms with Gasteiger partial charge in [0, 0.05) is 13.2 Å². The van der Waals surface area contributed by atoms with E-state index in [2.05, 4.69) is 15.7 Å². The molecule has 1 heterocycles. The molecule has 1 rings (SSSR count). The SMILES string of the molecule is CCCC[C@H](NC(=O)Nc1cn(C)nc1CC)C(=O)O. The summed E-state index contributed by atoms with van der Waals surface area (Å²) in [5.41, 5.74) is 1.37. The molecular formula is C13H22N4O3. The molecule has 0 fully saturated rings. The third kappa shape index (κ3) is 4.56. The van der Waals surface area contributed by atoms with Crippen LogP contribution < -0.4 is 10.6 Å². The van der Waals surface area contributed by atoms with Crippen LogP contribution in [0.4, 0.5) is 10.5 Å². The number of urea groups is 1. The number of nitrogens with zero attached hydrogens (tertiary/aromatic N) is 2. The highest BCUT2D eigenvalue weighted by molar-refractivity contribution is 5.92. The minimum atomic E-state index is -1.02. The molecule has 1 aromatic heterocycles. The zero-order valence-electron chi connectivity index (χ0n) is 12.1. The second-order valence-corrected chi connectivity index (χ2v) is 4.65. The van der Waals surface area contributed by atoms with Crippen molar-refractivity contribution in [3.63, 3.8) is 0 Å². The minimum absolute atomic E-state index is 0.424. The van der Waals surface area contributed by atoms with Gasteiger partial charge in [0.2, 0.25) is 0 Å². The number of aliphatic carboxylic acids is 1. The summed E-state index contributed by atoms with van der Waals surface area (Å²) in [4.78, 5) is 22.9. The Morgan fingerprint density at radius 2 is 2.15 bits per heavy atom. The van der Waals surface area contributed by atoms with Gasteiger partial charge in [-0.25, -0.2) is 9.59 Å². The molecule has 0 unspecified atom stereocenters. The molecule has 7 nitrogen and oxygen atoms in total. The van der Waals surface area contributed by atoms with Crippen molar-refractivity contribution in [2.45, 2.75) is 45.6 Å². The molecule has 0 radical (unpaired) electrons. The molecule has 7 heteroatoms. The maximum atomic E-state index is 11.8. The maximum absolute atomic E-state index is 11.8. The van der Waals surface area contributed by atoms with E-state index in [0.717, 1.165) is 18.5 Å². The van der Waals surface area contributed by atoms with Crippen LogP contribution in [0.25, 0.3) is 0 Å². The van der Waals surface area contributed by atoms with Crippen molar-refractivity contribution < 1.29 is 14.7 Å². The first kappa shape index (κ1) is 16.0. The Balaban J connectivity index is 2.63. The molecule has 1 atom stereocenters. The number of amides is 2. The van der Waals surface area contributed by atoms with Gasteiger partial charge in [-0.2, -0.15) is 5.10 Å². The largest absolute Gasteiger partial charge is 0.480 e. The Kier molecular flexibility index (Phi) is 6.02. The lowest BCUT2D eigenvalue weighted by atomic mass is 10.1. The van der Waals surface area contributed by atoms with Crippen molar-refractivity contribution in [1.82, 2.24) is 15.1 Å².